The largest absolute Gasteiger partial charge is 0.496 e. The van der Waals surface area contributed by atoms with Crippen molar-refractivity contribution in [1.82, 2.24) is 15.4 Å². The van der Waals surface area contributed by atoms with Gasteiger partial charge in [0.2, 0.25) is 11.1 Å². The third-order valence-electron chi connectivity index (χ3n) is 3.49. The summed E-state index contributed by atoms with van der Waals surface area (Å²) >= 11 is 5.65. The number of para-hydroxylation sites is 1. The van der Waals surface area contributed by atoms with Gasteiger partial charge < -0.3 is 9.47 Å². The summed E-state index contributed by atoms with van der Waals surface area (Å²) in [5.74, 6) is -0.699. The minimum Gasteiger partial charge on any atom is -0.496 e. The summed E-state index contributed by atoms with van der Waals surface area (Å²) in [4.78, 5) is 19.4. The van der Waals surface area contributed by atoms with Gasteiger partial charge in [-0.05, 0) is 41.4 Å². The number of carbonyl (C=O) groups excluding carboxylic acids is 1. The molecule has 0 bridgehead atoms. The molecule has 3 rings (SSSR count). The lowest BCUT2D eigenvalue weighted by Gasteiger charge is -2.07. The zero-order valence-electron chi connectivity index (χ0n) is 14.6. The molecular formula is C19H14ClFN4O3. The molecule has 0 radical (unpaired) electrons. The van der Waals surface area contributed by atoms with Crippen LogP contribution < -0.4 is 14.9 Å². The summed E-state index contributed by atoms with van der Waals surface area (Å²) in [6.07, 6.45) is 2.34. The molecule has 0 atom stereocenters. The van der Waals surface area contributed by atoms with Crippen molar-refractivity contribution in [3.63, 3.8) is 0 Å². The van der Waals surface area contributed by atoms with Crippen molar-refractivity contribution in [1.29, 1.82) is 0 Å². The van der Waals surface area contributed by atoms with Gasteiger partial charge in [0, 0.05) is 0 Å². The van der Waals surface area contributed by atoms with E-state index >= 15 is 0 Å². The normalized spacial score (nSPS) is 10.7. The van der Waals surface area contributed by atoms with Gasteiger partial charge in [0.25, 0.3) is 11.8 Å². The fraction of sp³-hybridized carbons (Fsp3) is 0.0526. The van der Waals surface area contributed by atoms with E-state index in [0.29, 0.717) is 22.6 Å². The number of amides is 1. The average molecular weight is 401 g/mol. The standard InChI is InChI=1S/C19H14ClFN4O3/c1-27-16-8-3-2-7-14(16)17(26)25-23-10-12-5-4-6-13(9-12)28-18-15(21)11-22-19(20)24-18/h2-11H,1H3,(H,25,26)/b23-10+. The summed E-state index contributed by atoms with van der Waals surface area (Å²) in [5.41, 5.74) is 3.39. The number of rotatable bonds is 6. The van der Waals surface area contributed by atoms with Crippen molar-refractivity contribution < 1.29 is 18.7 Å². The molecule has 7 nitrogen and oxygen atoms in total. The molecule has 0 saturated heterocycles. The van der Waals surface area contributed by atoms with Crippen LogP contribution in [0.25, 0.3) is 0 Å². The molecule has 0 saturated carbocycles. The molecule has 0 spiro atoms. The molecule has 0 aliphatic rings. The second-order valence-electron chi connectivity index (χ2n) is 5.37. The Balaban J connectivity index is 1.69. The molecule has 0 aliphatic carbocycles. The van der Waals surface area contributed by atoms with Crippen molar-refractivity contribution in [2.75, 3.05) is 7.11 Å². The van der Waals surface area contributed by atoms with Crippen LogP contribution in [0.4, 0.5) is 4.39 Å². The van der Waals surface area contributed by atoms with E-state index in [1.54, 1.807) is 48.5 Å². The van der Waals surface area contributed by atoms with Crippen LogP contribution in [-0.4, -0.2) is 29.2 Å². The minimum atomic E-state index is -0.743. The summed E-state index contributed by atoms with van der Waals surface area (Å²) < 4.78 is 24.2. The van der Waals surface area contributed by atoms with Crippen LogP contribution >= 0.6 is 11.6 Å². The lowest BCUT2D eigenvalue weighted by Crippen LogP contribution is -2.18. The molecule has 0 fully saturated rings. The maximum absolute atomic E-state index is 13.7. The molecule has 0 unspecified atom stereocenters. The molecule has 142 valence electrons. The van der Waals surface area contributed by atoms with Crippen LogP contribution in [-0.2, 0) is 0 Å². The number of carbonyl (C=O) groups is 1. The first-order valence-corrected chi connectivity index (χ1v) is 8.37. The zero-order chi connectivity index (χ0) is 19.9. The summed E-state index contributed by atoms with van der Waals surface area (Å²) in [5, 5.41) is 3.79. The van der Waals surface area contributed by atoms with E-state index in [1.807, 2.05) is 0 Å². The number of hydrogen-bond acceptors (Lipinski definition) is 6. The Hall–Kier alpha value is -3.52. The molecule has 1 heterocycles. The molecule has 3 aromatic rings. The predicted molar refractivity (Wildman–Crippen MR) is 102 cm³/mol. The Morgan fingerprint density at radius 2 is 2.07 bits per heavy atom. The zero-order valence-corrected chi connectivity index (χ0v) is 15.4. The molecule has 1 N–H and O–H groups in total. The van der Waals surface area contributed by atoms with Crippen LogP contribution in [0.2, 0.25) is 5.28 Å². The van der Waals surface area contributed by atoms with Gasteiger partial charge in [-0.3, -0.25) is 4.79 Å². The molecule has 1 aromatic heterocycles. The van der Waals surface area contributed by atoms with E-state index in [4.69, 9.17) is 21.1 Å². The minimum absolute atomic E-state index is 0.131. The van der Waals surface area contributed by atoms with Crippen LogP contribution in [0.3, 0.4) is 0 Å². The number of aromatic nitrogens is 2. The smallest absolute Gasteiger partial charge is 0.275 e. The molecule has 2 aromatic carbocycles. The topological polar surface area (TPSA) is 85.7 Å². The predicted octanol–water partition coefficient (Wildman–Crippen LogP) is 3.83. The summed E-state index contributed by atoms with van der Waals surface area (Å²) in [6.45, 7) is 0. The number of hydrazone groups is 1. The Morgan fingerprint density at radius 1 is 1.25 bits per heavy atom. The summed E-state index contributed by atoms with van der Waals surface area (Å²) in [7, 11) is 1.48. The quantitative estimate of drug-likeness (QED) is 0.386. The number of methoxy groups -OCH3 is 1. The molecule has 1 amide bonds. The molecule has 28 heavy (non-hydrogen) atoms. The summed E-state index contributed by atoms with van der Waals surface area (Å²) in [6, 6.07) is 13.4. The number of benzene rings is 2. The second-order valence-corrected chi connectivity index (χ2v) is 5.70. The van der Waals surface area contributed by atoms with E-state index in [-0.39, 0.29) is 11.2 Å². The van der Waals surface area contributed by atoms with E-state index in [1.165, 1.54) is 13.3 Å². The van der Waals surface area contributed by atoms with Gasteiger partial charge in [-0.25, -0.2) is 10.4 Å². The van der Waals surface area contributed by atoms with Gasteiger partial charge in [-0.15, -0.1) is 0 Å². The van der Waals surface area contributed by atoms with E-state index < -0.39 is 11.7 Å². The number of nitrogens with zero attached hydrogens (tertiary/aromatic N) is 3. The third-order valence-corrected chi connectivity index (χ3v) is 3.67. The highest BCUT2D eigenvalue weighted by Crippen LogP contribution is 2.23. The van der Waals surface area contributed by atoms with E-state index in [0.717, 1.165) is 6.20 Å². The lowest BCUT2D eigenvalue weighted by atomic mass is 10.2. The van der Waals surface area contributed by atoms with Crippen LogP contribution in [0, 0.1) is 5.82 Å². The highest BCUT2D eigenvalue weighted by atomic mass is 35.5. The fourth-order valence-corrected chi connectivity index (χ4v) is 2.36. The third kappa shape index (κ3) is 4.80. The van der Waals surface area contributed by atoms with Gasteiger partial charge in [0.15, 0.2) is 0 Å². The number of nitrogens with one attached hydrogen (secondary N) is 1. The highest BCUT2D eigenvalue weighted by molar-refractivity contribution is 6.28. The van der Waals surface area contributed by atoms with Crippen molar-refractivity contribution >= 4 is 23.7 Å². The fourth-order valence-electron chi connectivity index (χ4n) is 2.23. The number of hydrogen-bond donors (Lipinski definition) is 1. The Labute approximate surface area is 164 Å². The maximum Gasteiger partial charge on any atom is 0.275 e. The lowest BCUT2D eigenvalue weighted by molar-refractivity contribution is 0.0952. The Morgan fingerprint density at radius 3 is 2.89 bits per heavy atom. The van der Waals surface area contributed by atoms with Gasteiger partial charge in [0.1, 0.15) is 11.5 Å². The van der Waals surface area contributed by atoms with Crippen LogP contribution in [0.5, 0.6) is 17.4 Å². The Kier molecular flexibility index (Phi) is 6.13. The second kappa shape index (κ2) is 8.92. The van der Waals surface area contributed by atoms with Crippen molar-refractivity contribution in [2.24, 2.45) is 5.10 Å². The van der Waals surface area contributed by atoms with Gasteiger partial charge in [-0.2, -0.15) is 14.5 Å². The maximum atomic E-state index is 13.7. The molecular weight excluding hydrogens is 387 g/mol. The average Bonchev–Trinajstić information content (AvgIpc) is 2.71. The van der Waals surface area contributed by atoms with Crippen LogP contribution in [0.15, 0.2) is 59.8 Å². The number of ether oxygens (including phenoxy) is 2. The van der Waals surface area contributed by atoms with Crippen LogP contribution in [0.1, 0.15) is 15.9 Å². The monoisotopic (exact) mass is 400 g/mol. The van der Waals surface area contributed by atoms with Gasteiger partial charge in [-0.1, -0.05) is 24.3 Å². The highest BCUT2D eigenvalue weighted by Gasteiger charge is 2.10. The first-order chi connectivity index (χ1) is 13.6. The SMILES string of the molecule is COc1ccccc1C(=O)N/N=C/c1cccc(Oc2nc(Cl)ncc2F)c1. The first kappa shape index (κ1) is 19.2. The van der Waals surface area contributed by atoms with E-state index in [9.17, 15) is 9.18 Å². The first-order valence-electron chi connectivity index (χ1n) is 7.99. The van der Waals surface area contributed by atoms with Crippen molar-refractivity contribution in [3.05, 3.63) is 77.0 Å². The van der Waals surface area contributed by atoms with Crippen molar-refractivity contribution in [3.8, 4) is 17.4 Å². The van der Waals surface area contributed by atoms with Crippen molar-refractivity contribution in [2.45, 2.75) is 0 Å². The molecule has 9 heteroatoms. The Bertz CT molecular complexity index is 1030. The molecule has 0 aliphatic heterocycles. The van der Waals surface area contributed by atoms with E-state index in [2.05, 4.69) is 20.5 Å². The van der Waals surface area contributed by atoms with Gasteiger partial charge in [0.05, 0.1) is 25.1 Å². The van der Waals surface area contributed by atoms with Gasteiger partial charge >= 0.3 is 0 Å². The number of halogens is 2.